The van der Waals surface area contributed by atoms with E-state index < -0.39 is 50.4 Å². The van der Waals surface area contributed by atoms with Crippen molar-refractivity contribution in [3.05, 3.63) is 0 Å². The first-order valence-corrected chi connectivity index (χ1v) is 49.7. The summed E-state index contributed by atoms with van der Waals surface area (Å²) in [4.78, 5) is 103. The predicted molar refractivity (Wildman–Crippen MR) is 529 cm³/mol. The zero-order chi connectivity index (χ0) is 101. The molecule has 10 heterocycles. The fourth-order valence-corrected chi connectivity index (χ4v) is 13.8. The van der Waals surface area contributed by atoms with Gasteiger partial charge in [-0.2, -0.15) is 0 Å². The van der Waals surface area contributed by atoms with E-state index in [2.05, 4.69) is 108 Å². The Kier molecular flexibility index (Phi) is 60.6. The van der Waals surface area contributed by atoms with E-state index in [4.69, 9.17) is 42.6 Å². The molecule has 780 valence electrons. The third kappa shape index (κ3) is 79.8. The molecule has 37 heteroatoms. The van der Waals surface area contributed by atoms with Gasteiger partial charge in [-0.05, 0) is 400 Å². The first-order valence-electron chi connectivity index (χ1n) is 49.7. The largest absolute Gasteiger partial charge is 0.444 e. The van der Waals surface area contributed by atoms with Gasteiger partial charge in [-0.25, -0.2) is 43.2 Å². The Morgan fingerprint density at radius 1 is 0.173 bits per heavy atom. The lowest BCUT2D eigenvalue weighted by atomic mass is 10.1. The highest BCUT2D eigenvalue weighted by Gasteiger charge is 2.30. The third-order valence-corrected chi connectivity index (χ3v) is 19.8. The van der Waals surface area contributed by atoms with E-state index in [1.807, 2.05) is 187 Å². The fraction of sp³-hybridized carbons (Fsp3) is 0.906. The lowest BCUT2D eigenvalue weighted by Gasteiger charge is -2.26. The number of rotatable bonds is 9. The van der Waals surface area contributed by atoms with Gasteiger partial charge in [0.15, 0.2) is 0 Å². The molecule has 10 aliphatic heterocycles. The van der Waals surface area contributed by atoms with Crippen molar-refractivity contribution in [3.8, 4) is 0 Å². The van der Waals surface area contributed by atoms with Crippen LogP contribution >= 0.6 is 0 Å². The minimum absolute atomic E-state index is 0.211. The van der Waals surface area contributed by atoms with E-state index in [0.717, 1.165) is 239 Å². The maximum absolute atomic E-state index is 11.5. The van der Waals surface area contributed by atoms with Crippen molar-refractivity contribution in [2.24, 2.45) is 5.92 Å². The Bertz CT molecular complexity index is 2800. The van der Waals surface area contributed by atoms with E-state index in [9.17, 15) is 43.2 Å². The highest BCUT2D eigenvalue weighted by molar-refractivity contribution is 5.71. The van der Waals surface area contributed by atoms with E-state index in [1.165, 1.54) is 25.9 Å². The number of amides is 9. The maximum Gasteiger partial charge on any atom is 0.407 e. The smallest absolute Gasteiger partial charge is 0.407 e. The number of piperidine rings is 3. The second-order valence-corrected chi connectivity index (χ2v) is 44.6. The van der Waals surface area contributed by atoms with Crippen molar-refractivity contribution in [2.75, 3.05) is 131 Å². The van der Waals surface area contributed by atoms with Gasteiger partial charge >= 0.3 is 54.8 Å². The quantitative estimate of drug-likeness (QED) is 0.0953. The average Bonchev–Trinajstić information content (AvgIpc) is 1.52. The lowest BCUT2D eigenvalue weighted by molar-refractivity contribution is 0.0484. The standard InChI is InChI=1S/4C11H22N2O2.3C10H20N2O2.2C9H18N2O2.C4H9N/c2*1-11(2,3)15-10(14)13-9-5-4-7-12-8-6-9;2*1-11(2,3)15-10(14)13-9-6-4-5-7-12-8-9;1-10(2,3)14-9(13)12-8-4-6-11-7-5-8;2*1-10(2,3)14-9(13)12-8-5-4-6-11-7-8;2*1-9(2,3)13-8(12)11-7-4-5-10-6-7;1-4-2-5-3-4/h4*9,12H,4-8H2,1-3H3,(H,13,14);3*8,11H,4-7H2,1-3H3,(H,12,13);2*7,10H,4-6H2,1-3H3,(H,11,12);4-5H,2-3H2,1H3/t4*9-;;2*8-;2*7-;/m1010.1010./s1. The zero-order valence-corrected chi connectivity index (χ0v) is 87.9. The number of alkyl carbamates (subject to hydrolysis) is 9. The molecule has 9 amide bonds. The number of hydrogen-bond donors (Lipinski definition) is 19. The van der Waals surface area contributed by atoms with Crippen molar-refractivity contribution >= 4 is 54.8 Å². The summed E-state index contributed by atoms with van der Waals surface area (Å²) in [5.74, 6) is 0.954. The highest BCUT2D eigenvalue weighted by atomic mass is 16.6. The maximum atomic E-state index is 11.5. The van der Waals surface area contributed by atoms with Gasteiger partial charge in [0.05, 0.1) is 0 Å². The summed E-state index contributed by atoms with van der Waals surface area (Å²) in [7, 11) is 0. The minimum Gasteiger partial charge on any atom is -0.444 e. The van der Waals surface area contributed by atoms with Crippen molar-refractivity contribution in [1.29, 1.82) is 0 Å². The number of carbonyl (C=O) groups excluding carboxylic acids is 9. The van der Waals surface area contributed by atoms with Crippen LogP contribution in [-0.2, 0) is 42.6 Å². The summed E-state index contributed by atoms with van der Waals surface area (Å²) in [6.07, 6.45) is 18.5. The Balaban J connectivity index is 0.000000743. The molecule has 10 aliphatic rings. The summed E-state index contributed by atoms with van der Waals surface area (Å²) >= 11 is 0. The van der Waals surface area contributed by atoms with Gasteiger partial charge in [-0.1, -0.05) is 19.8 Å². The van der Waals surface area contributed by atoms with Crippen LogP contribution in [0.15, 0.2) is 0 Å². The molecular formula is C96H193N19O18. The fourth-order valence-electron chi connectivity index (χ4n) is 13.8. The van der Waals surface area contributed by atoms with Crippen molar-refractivity contribution in [3.63, 3.8) is 0 Å². The molecule has 0 aromatic rings. The molecule has 10 fully saturated rings. The molecule has 10 saturated heterocycles. The van der Waals surface area contributed by atoms with Gasteiger partial charge in [0.25, 0.3) is 0 Å². The first-order chi connectivity index (χ1) is 61.6. The van der Waals surface area contributed by atoms with E-state index >= 15 is 0 Å². The molecule has 0 bridgehead atoms. The van der Waals surface area contributed by atoms with Gasteiger partial charge in [-0.15, -0.1) is 0 Å². The molecule has 0 aromatic heterocycles. The number of hydrogen-bond acceptors (Lipinski definition) is 28. The van der Waals surface area contributed by atoms with Crippen LogP contribution < -0.4 is 101 Å². The summed E-state index contributed by atoms with van der Waals surface area (Å²) in [6.45, 7) is 72.4. The van der Waals surface area contributed by atoms with Gasteiger partial charge in [-0.3, -0.25) is 0 Å². The van der Waals surface area contributed by atoms with Crippen LogP contribution in [0.3, 0.4) is 0 Å². The summed E-state index contributed by atoms with van der Waals surface area (Å²) in [5, 5.41) is 58.2. The second kappa shape index (κ2) is 65.0. The second-order valence-electron chi connectivity index (χ2n) is 44.6. The SMILES string of the molecule is CC(C)(C)OC(=O)NC1CCNCC1.CC(C)(C)OC(=O)N[C@@H]1CCCCNC1.CC(C)(C)OC(=O)N[C@@H]1CCCNC1.CC(C)(C)OC(=O)N[C@@H]1CCCNCC1.CC(C)(C)OC(=O)N[C@@H]1CCNC1.CC(C)(C)OC(=O)N[C@H]1CCCCNC1.CC(C)(C)OC(=O)N[C@H]1CCCNC1.CC(C)(C)OC(=O)N[C@H]1CCCNCC1.CC(C)(C)OC(=O)N[C@H]1CCNC1.CC1CNC1. The molecule has 0 aromatic carbocycles. The van der Waals surface area contributed by atoms with Gasteiger partial charge in [0.2, 0.25) is 0 Å². The number of ether oxygens (including phenoxy) is 9. The Hall–Kier alpha value is -6.97. The lowest BCUT2D eigenvalue weighted by Crippen LogP contribution is -2.47. The van der Waals surface area contributed by atoms with Crippen LogP contribution in [0.5, 0.6) is 0 Å². The summed E-state index contributed by atoms with van der Waals surface area (Å²) in [5.41, 5.74) is -3.69. The summed E-state index contributed by atoms with van der Waals surface area (Å²) in [6, 6.07) is 2.11. The zero-order valence-electron chi connectivity index (χ0n) is 87.9. The highest BCUT2D eigenvalue weighted by Crippen LogP contribution is 2.18. The first kappa shape index (κ1) is 124. The van der Waals surface area contributed by atoms with Crippen LogP contribution in [0.1, 0.15) is 322 Å². The van der Waals surface area contributed by atoms with Crippen molar-refractivity contribution < 1.29 is 85.8 Å². The van der Waals surface area contributed by atoms with Gasteiger partial charge < -0.3 is 144 Å². The molecule has 19 N–H and O–H groups in total. The van der Waals surface area contributed by atoms with E-state index in [-0.39, 0.29) is 109 Å². The van der Waals surface area contributed by atoms with Gasteiger partial charge in [0.1, 0.15) is 50.4 Å². The molecule has 0 spiro atoms. The molecule has 0 aliphatic carbocycles. The monoisotopic (exact) mass is 1900 g/mol. The molecule has 0 saturated carbocycles. The summed E-state index contributed by atoms with van der Waals surface area (Å²) < 4.78 is 46.6. The Morgan fingerprint density at radius 3 is 0.496 bits per heavy atom. The minimum atomic E-state index is -0.414. The van der Waals surface area contributed by atoms with E-state index in [1.54, 1.807) is 0 Å². The van der Waals surface area contributed by atoms with Crippen LogP contribution in [0, 0.1) is 5.92 Å². The molecule has 37 nitrogen and oxygen atoms in total. The van der Waals surface area contributed by atoms with E-state index in [0.29, 0.717) is 0 Å². The predicted octanol–water partition coefficient (Wildman–Crippen LogP) is 12.4. The molecule has 0 radical (unpaired) electrons. The van der Waals surface area contributed by atoms with Crippen molar-refractivity contribution in [1.82, 2.24) is 101 Å². The molecule has 133 heavy (non-hydrogen) atoms. The van der Waals surface area contributed by atoms with Crippen molar-refractivity contribution in [2.45, 2.75) is 427 Å². The Morgan fingerprint density at radius 2 is 0.308 bits per heavy atom. The topological polar surface area (TPSA) is 465 Å². The van der Waals surface area contributed by atoms with Gasteiger partial charge in [0, 0.05) is 93.6 Å². The normalized spacial score (nSPS) is 22.6. The van der Waals surface area contributed by atoms with Crippen LogP contribution in [0.4, 0.5) is 43.2 Å². The number of nitrogens with one attached hydrogen (secondary N) is 19. The average molecular weight is 1900 g/mol. The molecule has 0 unspecified atom stereocenters. The van der Waals surface area contributed by atoms with Crippen LogP contribution in [-0.4, -0.2) is 291 Å². The number of carbonyl (C=O) groups is 9. The Labute approximate surface area is 801 Å². The van der Waals surface area contributed by atoms with Crippen LogP contribution in [0.25, 0.3) is 0 Å². The molecule has 8 atom stereocenters. The van der Waals surface area contributed by atoms with Crippen LogP contribution in [0.2, 0.25) is 0 Å². The third-order valence-electron chi connectivity index (χ3n) is 19.8. The molecular weight excluding hydrogens is 1710 g/mol. The molecule has 10 rings (SSSR count).